The van der Waals surface area contributed by atoms with Crippen molar-refractivity contribution in [1.29, 1.82) is 0 Å². The summed E-state index contributed by atoms with van der Waals surface area (Å²) in [4.78, 5) is 31.7. The van der Waals surface area contributed by atoms with Crippen LogP contribution in [0.5, 0.6) is 5.75 Å². The zero-order valence-electron chi connectivity index (χ0n) is 27.4. The highest BCUT2D eigenvalue weighted by molar-refractivity contribution is 7.99. The lowest BCUT2D eigenvalue weighted by Gasteiger charge is -2.24. The van der Waals surface area contributed by atoms with Gasteiger partial charge < -0.3 is 14.6 Å². The van der Waals surface area contributed by atoms with Gasteiger partial charge in [0.25, 0.3) is 5.91 Å². The fraction of sp³-hybridized carbons (Fsp3) is 0.158. The van der Waals surface area contributed by atoms with E-state index in [1.807, 2.05) is 103 Å². The van der Waals surface area contributed by atoms with Crippen molar-refractivity contribution in [3.8, 4) is 5.75 Å². The highest BCUT2D eigenvalue weighted by Gasteiger charge is 2.38. The summed E-state index contributed by atoms with van der Waals surface area (Å²) in [7, 11) is -2.66. The minimum absolute atomic E-state index is 0.128. The molecule has 2 atom stereocenters. The van der Waals surface area contributed by atoms with Gasteiger partial charge in [-0.05, 0) is 85.8 Å². The Morgan fingerprint density at radius 1 is 0.940 bits per heavy atom. The molecule has 2 N–H and O–H groups in total. The third-order valence-corrected chi connectivity index (χ3v) is 11.1. The summed E-state index contributed by atoms with van der Waals surface area (Å²) < 4.78 is 28.9. The normalized spacial score (nSPS) is 14.8. The topological polar surface area (TPSA) is 124 Å². The van der Waals surface area contributed by atoms with E-state index in [1.54, 1.807) is 32.3 Å². The predicted octanol–water partition coefficient (Wildman–Crippen LogP) is 7.98. The lowest BCUT2D eigenvalue weighted by Crippen LogP contribution is -2.36. The first kappa shape index (κ1) is 33.3. The second-order valence-electron chi connectivity index (χ2n) is 11.8. The maximum absolute atomic E-state index is 15.5. The molecule has 50 heavy (non-hydrogen) atoms. The molecule has 6 aromatic rings. The molecule has 0 spiro atoms. The molecule has 1 amide bonds. The van der Waals surface area contributed by atoms with Gasteiger partial charge in [-0.15, -0.1) is 0 Å². The Balaban J connectivity index is 1.37. The Bertz CT molecular complexity index is 2280. The van der Waals surface area contributed by atoms with Crippen LogP contribution in [0, 0.1) is 0 Å². The summed E-state index contributed by atoms with van der Waals surface area (Å²) >= 11 is 1.39. The van der Waals surface area contributed by atoms with E-state index >= 15 is 4.57 Å². The molecule has 1 aliphatic carbocycles. The number of nitrogens with one attached hydrogen (secondary N) is 2. The van der Waals surface area contributed by atoms with Gasteiger partial charge in [0.05, 0.1) is 22.5 Å². The van der Waals surface area contributed by atoms with Crippen LogP contribution in [0.4, 0.5) is 0 Å². The van der Waals surface area contributed by atoms with Crippen molar-refractivity contribution in [1.82, 2.24) is 24.9 Å². The van der Waals surface area contributed by atoms with Gasteiger partial charge in [0.15, 0.2) is 0 Å². The number of aromatic nitrogens is 3. The van der Waals surface area contributed by atoms with E-state index < -0.39 is 19.7 Å². The van der Waals surface area contributed by atoms with Gasteiger partial charge in [-0.3, -0.25) is 14.6 Å². The molecule has 10 nitrogen and oxygen atoms in total. The van der Waals surface area contributed by atoms with Crippen LogP contribution in [0.1, 0.15) is 41.5 Å². The van der Waals surface area contributed by atoms with E-state index in [2.05, 4.69) is 15.4 Å². The SMILES string of the molecule is CNC(=O)c1ccccc1Sc1ccc2c(/C=C/c3ccccn3)nn(P(=O)(N[C@@H](C)C(=O)OC3CC3)Oc3cccc4ccccc34)c2c1. The van der Waals surface area contributed by atoms with E-state index in [0.717, 1.165) is 39.1 Å². The lowest BCUT2D eigenvalue weighted by molar-refractivity contribution is -0.146. The molecule has 12 heteroatoms. The molecule has 0 aliphatic heterocycles. The van der Waals surface area contributed by atoms with Gasteiger partial charge >= 0.3 is 13.6 Å². The summed E-state index contributed by atoms with van der Waals surface area (Å²) in [5, 5.41) is 12.9. The van der Waals surface area contributed by atoms with Crippen LogP contribution >= 0.6 is 19.4 Å². The lowest BCUT2D eigenvalue weighted by atomic mass is 10.1. The Hall–Kier alpha value is -5.22. The zero-order valence-corrected chi connectivity index (χ0v) is 29.1. The molecular weight excluding hydrogens is 669 g/mol. The van der Waals surface area contributed by atoms with E-state index in [0.29, 0.717) is 27.9 Å². The van der Waals surface area contributed by atoms with Crippen LogP contribution in [0.3, 0.4) is 0 Å². The molecule has 1 saturated carbocycles. The highest BCUT2D eigenvalue weighted by atomic mass is 32.2. The number of nitrogens with zero attached hydrogens (tertiary/aromatic N) is 3. The summed E-state index contributed by atoms with van der Waals surface area (Å²) in [5.74, 6) is -0.366. The van der Waals surface area contributed by atoms with Crippen molar-refractivity contribution in [2.24, 2.45) is 0 Å². The van der Waals surface area contributed by atoms with Gasteiger partial charge in [-0.1, -0.05) is 66.4 Å². The summed E-state index contributed by atoms with van der Waals surface area (Å²) in [6.45, 7) is 1.61. The van der Waals surface area contributed by atoms with Crippen LogP contribution in [0.25, 0.3) is 33.8 Å². The highest BCUT2D eigenvalue weighted by Crippen LogP contribution is 2.49. The maximum atomic E-state index is 15.5. The largest absolute Gasteiger partial charge is 0.461 e. The number of amides is 1. The standard InChI is InChI=1S/C38H34N5O5PS/c1-25(38(45)47-28-18-19-28)42-49(46,48-35-15-9-11-26-10-3-4-13-30(26)35)43-34-24-29(50-36-16-6-5-14-32(36)37(44)39-2)20-21-31(34)33(41-43)22-17-27-12-7-8-23-40-27/h3-17,20-25,28H,18-19H2,1-2H3,(H,39,44)(H,42,46)/b22-17+/t25-,49?/m0/s1. The van der Waals surface area contributed by atoms with Gasteiger partial charge in [-0.25, -0.2) is 9.65 Å². The molecule has 7 rings (SSSR count). The van der Waals surface area contributed by atoms with Crippen molar-refractivity contribution < 1.29 is 23.4 Å². The number of ether oxygens (including phenoxy) is 1. The molecular formula is C38H34N5O5PS. The zero-order chi connectivity index (χ0) is 34.7. The first-order valence-corrected chi connectivity index (χ1v) is 18.6. The molecule has 0 radical (unpaired) electrons. The van der Waals surface area contributed by atoms with Crippen LogP contribution in [0.2, 0.25) is 0 Å². The first-order chi connectivity index (χ1) is 24.3. The van der Waals surface area contributed by atoms with Crippen LogP contribution in [-0.4, -0.2) is 45.6 Å². The summed E-state index contributed by atoms with van der Waals surface area (Å²) in [6, 6.07) is 30.8. The van der Waals surface area contributed by atoms with Crippen LogP contribution in [0.15, 0.2) is 119 Å². The third kappa shape index (κ3) is 7.21. The third-order valence-electron chi connectivity index (χ3n) is 8.09. The Morgan fingerprint density at radius 2 is 1.72 bits per heavy atom. The van der Waals surface area contributed by atoms with E-state index in [4.69, 9.17) is 14.4 Å². The number of benzene rings is 4. The molecule has 0 bridgehead atoms. The number of hydrogen-bond donors (Lipinski definition) is 2. The molecule has 0 saturated heterocycles. The van der Waals surface area contributed by atoms with E-state index in [9.17, 15) is 9.59 Å². The molecule has 1 aliphatic rings. The molecule has 4 aromatic carbocycles. The molecule has 2 aromatic heterocycles. The van der Waals surface area contributed by atoms with E-state index in [1.165, 1.54) is 16.2 Å². The molecule has 252 valence electrons. The van der Waals surface area contributed by atoms with Crippen LogP contribution < -0.4 is 14.9 Å². The fourth-order valence-corrected chi connectivity index (χ4v) is 8.31. The first-order valence-electron chi connectivity index (χ1n) is 16.2. The molecule has 1 unspecified atom stereocenters. The minimum Gasteiger partial charge on any atom is -0.461 e. The van der Waals surface area contributed by atoms with Gasteiger partial charge in [0.2, 0.25) is 0 Å². The van der Waals surface area contributed by atoms with Crippen molar-refractivity contribution in [2.75, 3.05) is 7.05 Å². The van der Waals surface area contributed by atoms with Crippen molar-refractivity contribution in [2.45, 2.75) is 41.7 Å². The number of pyridine rings is 1. The minimum atomic E-state index is -4.25. The Kier molecular flexibility index (Phi) is 9.54. The number of rotatable bonds is 12. The van der Waals surface area contributed by atoms with Crippen molar-refractivity contribution in [3.63, 3.8) is 0 Å². The molecule has 1 fully saturated rings. The van der Waals surface area contributed by atoms with Crippen molar-refractivity contribution in [3.05, 3.63) is 126 Å². The van der Waals surface area contributed by atoms with Crippen molar-refractivity contribution >= 4 is 65.1 Å². The second kappa shape index (κ2) is 14.3. The van der Waals surface area contributed by atoms with Gasteiger partial charge in [-0.2, -0.15) is 9.55 Å². The number of carbonyl (C=O) groups excluding carboxylic acids is 2. The molecule has 2 heterocycles. The number of carbonyl (C=O) groups is 2. The van der Waals surface area contributed by atoms with Gasteiger partial charge in [0, 0.05) is 33.8 Å². The average molecular weight is 704 g/mol. The quantitative estimate of drug-likeness (QED) is 0.0964. The monoisotopic (exact) mass is 703 g/mol. The van der Waals surface area contributed by atoms with Gasteiger partial charge in [0.1, 0.15) is 17.9 Å². The number of hydrogen-bond acceptors (Lipinski definition) is 8. The van der Waals surface area contributed by atoms with Crippen LogP contribution in [-0.2, 0) is 14.1 Å². The Labute approximate surface area is 293 Å². The second-order valence-corrected chi connectivity index (χ2v) is 14.8. The smallest absolute Gasteiger partial charge is 0.440 e. The van der Waals surface area contributed by atoms with E-state index in [-0.39, 0.29) is 12.0 Å². The predicted molar refractivity (Wildman–Crippen MR) is 196 cm³/mol. The maximum Gasteiger partial charge on any atom is 0.440 e. The Morgan fingerprint density at radius 3 is 2.52 bits per heavy atom. The summed E-state index contributed by atoms with van der Waals surface area (Å²) in [5.41, 5.74) is 2.26. The number of esters is 1. The fourth-order valence-electron chi connectivity index (χ4n) is 5.41. The average Bonchev–Trinajstić information content (AvgIpc) is 3.88. The number of fused-ring (bicyclic) bond motifs is 2. The summed E-state index contributed by atoms with van der Waals surface area (Å²) in [6.07, 6.45) is 6.82.